The zero-order valence-corrected chi connectivity index (χ0v) is 15.2. The fourth-order valence-corrected chi connectivity index (χ4v) is 2.86. The topological polar surface area (TPSA) is 58.2 Å². The molecule has 0 saturated carbocycles. The number of amides is 2. The van der Waals surface area contributed by atoms with Gasteiger partial charge >= 0.3 is 0 Å². The third kappa shape index (κ3) is 4.38. The number of carbonyl (C=O) groups excluding carboxylic acids is 2. The number of rotatable bonds is 5. The molecule has 0 bridgehead atoms. The second-order valence-corrected chi connectivity index (χ2v) is 6.56. The predicted molar refractivity (Wildman–Crippen MR) is 99.8 cm³/mol. The highest BCUT2D eigenvalue weighted by Gasteiger charge is 2.12. The van der Waals surface area contributed by atoms with Gasteiger partial charge in [-0.3, -0.25) is 9.59 Å². The van der Waals surface area contributed by atoms with E-state index in [-0.39, 0.29) is 18.4 Å². The quantitative estimate of drug-likeness (QED) is 0.815. The van der Waals surface area contributed by atoms with Gasteiger partial charge in [-0.15, -0.1) is 11.8 Å². The number of hydrogen-bond donors (Lipinski definition) is 2. The van der Waals surface area contributed by atoms with Crippen molar-refractivity contribution < 1.29 is 9.59 Å². The molecule has 2 N–H and O–H groups in total. The van der Waals surface area contributed by atoms with Crippen molar-refractivity contribution in [2.24, 2.45) is 0 Å². The minimum atomic E-state index is -0.237. The predicted octanol–water partition coefficient (Wildman–Crippen LogP) is 3.70. The first-order chi connectivity index (χ1) is 11.4. The first-order valence-electron chi connectivity index (χ1n) is 7.71. The van der Waals surface area contributed by atoms with Crippen molar-refractivity contribution in [2.75, 3.05) is 18.1 Å². The molecule has 126 valence electrons. The molecule has 0 atom stereocenters. The van der Waals surface area contributed by atoms with Crippen LogP contribution in [0.4, 0.5) is 5.69 Å². The number of anilines is 1. The van der Waals surface area contributed by atoms with Crippen LogP contribution in [0.3, 0.4) is 0 Å². The number of nitrogens with one attached hydrogen (secondary N) is 2. The summed E-state index contributed by atoms with van der Waals surface area (Å²) in [5, 5.41) is 5.55. The van der Waals surface area contributed by atoms with E-state index in [0.29, 0.717) is 5.56 Å². The Balaban J connectivity index is 2.00. The molecule has 0 saturated heterocycles. The van der Waals surface area contributed by atoms with Gasteiger partial charge in [0.1, 0.15) is 0 Å². The lowest BCUT2D eigenvalue weighted by atomic mass is 10.1. The van der Waals surface area contributed by atoms with Crippen molar-refractivity contribution in [1.29, 1.82) is 0 Å². The maximum atomic E-state index is 12.3. The third-order valence-electron chi connectivity index (χ3n) is 3.84. The first kappa shape index (κ1) is 18.1. The normalized spacial score (nSPS) is 10.3. The molecule has 0 heterocycles. The molecule has 0 spiro atoms. The van der Waals surface area contributed by atoms with Gasteiger partial charge in [-0.2, -0.15) is 0 Å². The van der Waals surface area contributed by atoms with E-state index in [1.807, 2.05) is 63.4 Å². The first-order valence-corrected chi connectivity index (χ1v) is 8.93. The molecule has 4 nitrogen and oxygen atoms in total. The van der Waals surface area contributed by atoms with Gasteiger partial charge in [0.25, 0.3) is 5.91 Å². The molecule has 0 aliphatic rings. The van der Waals surface area contributed by atoms with Crippen molar-refractivity contribution in [3.05, 3.63) is 58.7 Å². The molecule has 0 unspecified atom stereocenters. The molecule has 5 heteroatoms. The van der Waals surface area contributed by atoms with E-state index in [2.05, 4.69) is 10.6 Å². The highest BCUT2D eigenvalue weighted by atomic mass is 32.2. The van der Waals surface area contributed by atoms with Crippen LogP contribution in [0.2, 0.25) is 0 Å². The van der Waals surface area contributed by atoms with Crippen LogP contribution in [0, 0.1) is 20.8 Å². The van der Waals surface area contributed by atoms with E-state index in [1.165, 1.54) is 0 Å². The zero-order chi connectivity index (χ0) is 17.7. The van der Waals surface area contributed by atoms with E-state index in [0.717, 1.165) is 27.3 Å². The average molecular weight is 342 g/mol. The van der Waals surface area contributed by atoms with E-state index < -0.39 is 0 Å². The molecule has 2 rings (SSSR count). The summed E-state index contributed by atoms with van der Waals surface area (Å²) in [7, 11) is 0. The molecule has 2 aromatic carbocycles. The summed E-state index contributed by atoms with van der Waals surface area (Å²) >= 11 is 1.58. The number of benzene rings is 2. The Bertz CT molecular complexity index is 752. The molecular weight excluding hydrogens is 320 g/mol. The minimum absolute atomic E-state index is 0.0600. The van der Waals surface area contributed by atoms with Gasteiger partial charge < -0.3 is 10.6 Å². The Morgan fingerprint density at radius 3 is 2.29 bits per heavy atom. The van der Waals surface area contributed by atoms with Gasteiger partial charge in [-0.25, -0.2) is 0 Å². The number of hydrogen-bond acceptors (Lipinski definition) is 3. The summed E-state index contributed by atoms with van der Waals surface area (Å²) in [6.45, 7) is 5.71. The highest BCUT2D eigenvalue weighted by molar-refractivity contribution is 7.98. The van der Waals surface area contributed by atoms with Crippen LogP contribution < -0.4 is 10.6 Å². The monoisotopic (exact) mass is 342 g/mol. The summed E-state index contributed by atoms with van der Waals surface area (Å²) in [5.74, 6) is -0.473. The van der Waals surface area contributed by atoms with Crippen molar-refractivity contribution in [1.82, 2.24) is 5.32 Å². The molecule has 2 amide bonds. The van der Waals surface area contributed by atoms with Crippen LogP contribution in [0.1, 0.15) is 27.0 Å². The van der Waals surface area contributed by atoms with Gasteiger partial charge in [-0.05, 0) is 55.9 Å². The summed E-state index contributed by atoms with van der Waals surface area (Å²) in [6.07, 6.45) is 1.96. The Morgan fingerprint density at radius 2 is 1.67 bits per heavy atom. The average Bonchev–Trinajstić information content (AvgIpc) is 2.56. The van der Waals surface area contributed by atoms with E-state index in [9.17, 15) is 9.59 Å². The van der Waals surface area contributed by atoms with Gasteiger partial charge in [0.05, 0.1) is 6.54 Å². The second-order valence-electron chi connectivity index (χ2n) is 5.68. The lowest BCUT2D eigenvalue weighted by Crippen LogP contribution is -2.33. The third-order valence-corrected chi connectivity index (χ3v) is 4.57. The SMILES string of the molecule is CSc1ccc(C)c(C(=O)NCC(=O)Nc2c(C)cccc2C)c1. The zero-order valence-electron chi connectivity index (χ0n) is 14.4. The molecule has 0 fully saturated rings. The maximum Gasteiger partial charge on any atom is 0.252 e. The fraction of sp³-hybridized carbons (Fsp3) is 0.263. The van der Waals surface area contributed by atoms with Crippen LogP contribution in [-0.2, 0) is 4.79 Å². The van der Waals surface area contributed by atoms with E-state index in [1.54, 1.807) is 11.8 Å². The fourth-order valence-electron chi connectivity index (χ4n) is 2.42. The van der Waals surface area contributed by atoms with Crippen LogP contribution in [-0.4, -0.2) is 24.6 Å². The van der Waals surface area contributed by atoms with Crippen molar-refractivity contribution in [2.45, 2.75) is 25.7 Å². The largest absolute Gasteiger partial charge is 0.343 e. The van der Waals surface area contributed by atoms with Crippen LogP contribution >= 0.6 is 11.8 Å². The summed E-state index contributed by atoms with van der Waals surface area (Å²) in [4.78, 5) is 25.5. The molecule has 0 radical (unpaired) electrons. The van der Waals surface area contributed by atoms with Crippen molar-refractivity contribution in [3.8, 4) is 0 Å². The number of thioether (sulfide) groups is 1. The van der Waals surface area contributed by atoms with Crippen LogP contribution in [0.15, 0.2) is 41.3 Å². The lowest BCUT2D eigenvalue weighted by Gasteiger charge is -2.12. The van der Waals surface area contributed by atoms with E-state index in [4.69, 9.17) is 0 Å². The molecule has 24 heavy (non-hydrogen) atoms. The number of carbonyl (C=O) groups is 2. The smallest absolute Gasteiger partial charge is 0.252 e. The maximum absolute atomic E-state index is 12.3. The minimum Gasteiger partial charge on any atom is -0.343 e. The Hall–Kier alpha value is -2.27. The highest BCUT2D eigenvalue weighted by Crippen LogP contribution is 2.20. The molecule has 0 aliphatic heterocycles. The van der Waals surface area contributed by atoms with Gasteiger partial charge in [-0.1, -0.05) is 24.3 Å². The van der Waals surface area contributed by atoms with Crippen molar-refractivity contribution in [3.63, 3.8) is 0 Å². The Labute approximate surface area is 147 Å². The summed E-state index contributed by atoms with van der Waals surface area (Å²) < 4.78 is 0. The summed E-state index contributed by atoms with van der Waals surface area (Å²) in [5.41, 5.74) is 4.29. The lowest BCUT2D eigenvalue weighted by molar-refractivity contribution is -0.115. The van der Waals surface area contributed by atoms with Crippen LogP contribution in [0.25, 0.3) is 0 Å². The molecular formula is C19H22N2O2S. The van der Waals surface area contributed by atoms with E-state index >= 15 is 0 Å². The second kappa shape index (κ2) is 8.02. The van der Waals surface area contributed by atoms with Crippen LogP contribution in [0.5, 0.6) is 0 Å². The number of aryl methyl sites for hydroxylation is 3. The number of para-hydroxylation sites is 1. The van der Waals surface area contributed by atoms with Gasteiger partial charge in [0.15, 0.2) is 0 Å². The van der Waals surface area contributed by atoms with Gasteiger partial charge in [0.2, 0.25) is 5.91 Å². The standard InChI is InChI=1S/C19H22N2O2S/c1-12-8-9-15(24-4)10-16(12)19(23)20-11-17(22)21-18-13(2)6-5-7-14(18)3/h5-10H,11H2,1-4H3,(H,20,23)(H,21,22). The van der Waals surface area contributed by atoms with Gasteiger partial charge in [0, 0.05) is 16.1 Å². The Kier molecular flexibility index (Phi) is 6.04. The summed E-state index contributed by atoms with van der Waals surface area (Å²) in [6, 6.07) is 11.6. The molecule has 0 aliphatic carbocycles. The molecule has 2 aromatic rings. The molecule has 0 aromatic heterocycles. The Morgan fingerprint density at radius 1 is 1.00 bits per heavy atom. The van der Waals surface area contributed by atoms with Crippen molar-refractivity contribution >= 4 is 29.3 Å².